The summed E-state index contributed by atoms with van der Waals surface area (Å²) in [5, 5.41) is 7.37. The van der Waals surface area contributed by atoms with Gasteiger partial charge in [0.15, 0.2) is 0 Å². The van der Waals surface area contributed by atoms with Crippen LogP contribution in [0.15, 0.2) is 24.3 Å². The monoisotopic (exact) mass is 311 g/mol. The first-order valence-electron chi connectivity index (χ1n) is 7.77. The molecule has 0 saturated heterocycles. The van der Waals surface area contributed by atoms with E-state index in [0.717, 1.165) is 34.7 Å². The van der Waals surface area contributed by atoms with Crippen molar-refractivity contribution in [1.82, 2.24) is 25.1 Å². The Hall–Kier alpha value is -2.63. The predicted octanol–water partition coefficient (Wildman–Crippen LogP) is 2.79. The Bertz CT molecular complexity index is 828. The topological polar surface area (TPSA) is 75.6 Å². The summed E-state index contributed by atoms with van der Waals surface area (Å²) in [4.78, 5) is 20.5. The Balaban J connectivity index is 1.88. The van der Waals surface area contributed by atoms with Gasteiger partial charge in [-0.2, -0.15) is 5.10 Å². The van der Waals surface area contributed by atoms with Crippen LogP contribution < -0.4 is 5.32 Å². The van der Waals surface area contributed by atoms with Gasteiger partial charge in [-0.15, -0.1) is 0 Å². The molecule has 0 unspecified atom stereocenters. The summed E-state index contributed by atoms with van der Waals surface area (Å²) in [6.45, 7) is 5.78. The molecule has 0 aliphatic rings. The molecule has 6 heteroatoms. The number of hydrogen-bond acceptors (Lipinski definition) is 3. The number of aromatic amines is 1. The summed E-state index contributed by atoms with van der Waals surface area (Å²) in [7, 11) is 1.84. The Morgan fingerprint density at radius 2 is 2.09 bits per heavy atom. The van der Waals surface area contributed by atoms with Gasteiger partial charge in [-0.25, -0.2) is 4.98 Å². The second kappa shape index (κ2) is 5.87. The first kappa shape index (κ1) is 15.3. The van der Waals surface area contributed by atoms with Crippen molar-refractivity contribution in [2.24, 2.45) is 7.05 Å². The van der Waals surface area contributed by atoms with Crippen molar-refractivity contribution in [1.29, 1.82) is 0 Å². The minimum Gasteiger partial charge on any atom is -0.342 e. The molecule has 0 bridgehead atoms. The highest BCUT2D eigenvalue weighted by Gasteiger charge is 2.22. The summed E-state index contributed by atoms with van der Waals surface area (Å²) >= 11 is 0. The SMILES string of the molecule is CC[C@@H](NC(=O)c1c(C)nn(C)c1C)c1nc2ccccc2[nH]1. The third-order valence-electron chi connectivity index (χ3n) is 4.19. The number of para-hydroxylation sites is 2. The van der Waals surface area contributed by atoms with Crippen LogP contribution in [0.5, 0.6) is 0 Å². The van der Waals surface area contributed by atoms with Crippen molar-refractivity contribution in [2.75, 3.05) is 0 Å². The van der Waals surface area contributed by atoms with Crippen LogP contribution in [0.2, 0.25) is 0 Å². The number of imidazole rings is 1. The molecule has 23 heavy (non-hydrogen) atoms. The smallest absolute Gasteiger partial charge is 0.255 e. The molecule has 3 rings (SSSR count). The molecule has 2 aromatic heterocycles. The maximum Gasteiger partial charge on any atom is 0.255 e. The van der Waals surface area contributed by atoms with Crippen molar-refractivity contribution >= 4 is 16.9 Å². The first-order chi connectivity index (χ1) is 11.0. The molecule has 0 fully saturated rings. The van der Waals surface area contributed by atoms with Crippen molar-refractivity contribution in [3.8, 4) is 0 Å². The largest absolute Gasteiger partial charge is 0.342 e. The molecule has 0 saturated carbocycles. The number of carbonyl (C=O) groups excluding carboxylic acids is 1. The van der Waals surface area contributed by atoms with Crippen molar-refractivity contribution in [3.05, 3.63) is 47.0 Å². The van der Waals surface area contributed by atoms with Gasteiger partial charge in [0.05, 0.1) is 28.3 Å². The van der Waals surface area contributed by atoms with E-state index in [4.69, 9.17) is 0 Å². The quantitative estimate of drug-likeness (QED) is 0.778. The van der Waals surface area contributed by atoms with Crippen LogP contribution in [0.4, 0.5) is 0 Å². The number of aryl methyl sites for hydroxylation is 2. The second-order valence-electron chi connectivity index (χ2n) is 5.74. The van der Waals surface area contributed by atoms with E-state index >= 15 is 0 Å². The molecule has 0 aliphatic heterocycles. The number of rotatable bonds is 4. The molecule has 1 aromatic carbocycles. The lowest BCUT2D eigenvalue weighted by atomic mass is 10.1. The molecule has 6 nitrogen and oxygen atoms in total. The average molecular weight is 311 g/mol. The van der Waals surface area contributed by atoms with Crippen molar-refractivity contribution in [2.45, 2.75) is 33.2 Å². The summed E-state index contributed by atoms with van der Waals surface area (Å²) in [5.41, 5.74) is 4.12. The Morgan fingerprint density at radius 3 is 2.70 bits per heavy atom. The van der Waals surface area contributed by atoms with Crippen LogP contribution in [-0.4, -0.2) is 25.7 Å². The summed E-state index contributed by atoms with van der Waals surface area (Å²) < 4.78 is 1.73. The third kappa shape index (κ3) is 2.72. The summed E-state index contributed by atoms with van der Waals surface area (Å²) in [5.74, 6) is 0.668. The van der Waals surface area contributed by atoms with E-state index in [1.165, 1.54) is 0 Å². The zero-order chi connectivity index (χ0) is 16.6. The van der Waals surface area contributed by atoms with Crippen LogP contribution in [0.3, 0.4) is 0 Å². The second-order valence-corrected chi connectivity index (χ2v) is 5.74. The molecule has 0 radical (unpaired) electrons. The predicted molar refractivity (Wildman–Crippen MR) is 89.3 cm³/mol. The van der Waals surface area contributed by atoms with Gasteiger partial charge >= 0.3 is 0 Å². The minimum absolute atomic E-state index is 0.111. The number of benzene rings is 1. The minimum atomic E-state index is -0.158. The lowest BCUT2D eigenvalue weighted by Gasteiger charge is -2.14. The van der Waals surface area contributed by atoms with Gasteiger partial charge in [0.25, 0.3) is 5.91 Å². The molecule has 0 spiro atoms. The number of nitrogens with one attached hydrogen (secondary N) is 2. The molecular weight excluding hydrogens is 290 g/mol. The number of fused-ring (bicyclic) bond motifs is 1. The number of amides is 1. The Kier molecular flexibility index (Phi) is 3.90. The molecule has 1 amide bonds. The molecule has 0 aliphatic carbocycles. The van der Waals surface area contributed by atoms with E-state index in [-0.39, 0.29) is 11.9 Å². The Labute approximate surface area is 134 Å². The van der Waals surface area contributed by atoms with Gasteiger partial charge in [-0.3, -0.25) is 9.48 Å². The maximum atomic E-state index is 12.7. The van der Waals surface area contributed by atoms with Crippen molar-refractivity contribution < 1.29 is 4.79 Å². The number of carbonyl (C=O) groups is 1. The molecule has 2 heterocycles. The van der Waals surface area contributed by atoms with E-state index < -0.39 is 0 Å². The van der Waals surface area contributed by atoms with E-state index in [1.807, 2.05) is 52.1 Å². The van der Waals surface area contributed by atoms with Gasteiger partial charge in [-0.1, -0.05) is 19.1 Å². The number of aromatic nitrogens is 4. The Morgan fingerprint density at radius 1 is 1.35 bits per heavy atom. The lowest BCUT2D eigenvalue weighted by molar-refractivity contribution is 0.0932. The van der Waals surface area contributed by atoms with Crippen LogP contribution in [-0.2, 0) is 7.05 Å². The van der Waals surface area contributed by atoms with Crippen molar-refractivity contribution in [3.63, 3.8) is 0 Å². The highest BCUT2D eigenvalue weighted by Crippen LogP contribution is 2.20. The molecule has 2 N–H and O–H groups in total. The highest BCUT2D eigenvalue weighted by molar-refractivity contribution is 5.96. The number of nitrogens with zero attached hydrogens (tertiary/aromatic N) is 3. The van der Waals surface area contributed by atoms with Crippen LogP contribution in [0, 0.1) is 13.8 Å². The fraction of sp³-hybridized carbons (Fsp3) is 0.353. The zero-order valence-corrected chi connectivity index (χ0v) is 13.8. The molecule has 3 aromatic rings. The van der Waals surface area contributed by atoms with Gasteiger partial charge in [0.2, 0.25) is 0 Å². The van der Waals surface area contributed by atoms with Crippen LogP contribution in [0.25, 0.3) is 11.0 Å². The maximum absolute atomic E-state index is 12.7. The number of hydrogen-bond donors (Lipinski definition) is 2. The zero-order valence-electron chi connectivity index (χ0n) is 13.8. The number of H-pyrrole nitrogens is 1. The fourth-order valence-electron chi connectivity index (χ4n) is 2.83. The van der Waals surface area contributed by atoms with E-state index in [1.54, 1.807) is 4.68 Å². The standard InChI is InChI=1S/C17H21N5O/c1-5-12(16-18-13-8-6-7-9-14(13)19-16)20-17(23)15-10(2)21-22(4)11(15)3/h6-9,12H,5H2,1-4H3,(H,18,19)(H,20,23)/t12-/m1/s1. The van der Waals surface area contributed by atoms with Crippen LogP contribution >= 0.6 is 0 Å². The average Bonchev–Trinajstić information content (AvgIpc) is 3.06. The molecule has 1 atom stereocenters. The van der Waals surface area contributed by atoms with E-state index in [9.17, 15) is 4.79 Å². The molecule has 120 valence electrons. The van der Waals surface area contributed by atoms with E-state index in [2.05, 4.69) is 20.4 Å². The first-order valence-corrected chi connectivity index (χ1v) is 7.77. The highest BCUT2D eigenvalue weighted by atomic mass is 16.1. The fourth-order valence-corrected chi connectivity index (χ4v) is 2.83. The normalized spacial score (nSPS) is 12.5. The van der Waals surface area contributed by atoms with Gasteiger partial charge in [0.1, 0.15) is 5.82 Å². The van der Waals surface area contributed by atoms with Crippen LogP contribution in [0.1, 0.15) is 47.0 Å². The van der Waals surface area contributed by atoms with Gasteiger partial charge in [-0.05, 0) is 32.4 Å². The summed E-state index contributed by atoms with van der Waals surface area (Å²) in [6, 6.07) is 7.70. The van der Waals surface area contributed by atoms with Gasteiger partial charge < -0.3 is 10.3 Å². The van der Waals surface area contributed by atoms with E-state index in [0.29, 0.717) is 5.56 Å². The third-order valence-corrected chi connectivity index (χ3v) is 4.19. The van der Waals surface area contributed by atoms with Gasteiger partial charge in [0, 0.05) is 12.7 Å². The molecular formula is C17H21N5O. The summed E-state index contributed by atoms with van der Waals surface area (Å²) in [6.07, 6.45) is 0.754. The lowest BCUT2D eigenvalue weighted by Crippen LogP contribution is -2.29.